The van der Waals surface area contributed by atoms with Gasteiger partial charge in [0.15, 0.2) is 0 Å². The van der Waals surface area contributed by atoms with Gasteiger partial charge in [-0.15, -0.1) is 0 Å². The fourth-order valence-corrected chi connectivity index (χ4v) is 3.04. The molecule has 2 aromatic rings. The number of hydrogen-bond acceptors (Lipinski definition) is 6. The van der Waals surface area contributed by atoms with Crippen molar-refractivity contribution in [2.24, 2.45) is 5.92 Å². The Morgan fingerprint density at radius 2 is 2.07 bits per heavy atom. The van der Waals surface area contributed by atoms with E-state index < -0.39 is 0 Å². The number of nitrogens with one attached hydrogen (secondary N) is 2. The number of hydrazine groups is 1. The van der Waals surface area contributed by atoms with Gasteiger partial charge in [-0.25, -0.2) is 9.37 Å². The molecule has 0 spiro atoms. The summed E-state index contributed by atoms with van der Waals surface area (Å²) in [6.07, 6.45) is 3.12. The molecule has 0 aliphatic carbocycles. The molecule has 1 aromatic carbocycles. The molecule has 2 heterocycles. The summed E-state index contributed by atoms with van der Waals surface area (Å²) in [5.41, 5.74) is 6.00. The van der Waals surface area contributed by atoms with Crippen molar-refractivity contribution >= 4 is 17.8 Å². The molecule has 2 N–H and O–H groups in total. The first-order chi connectivity index (χ1) is 13.5. The number of halogens is 1. The number of piperidine rings is 1. The first kappa shape index (κ1) is 19.5. The van der Waals surface area contributed by atoms with Gasteiger partial charge in [0.1, 0.15) is 5.82 Å². The average Bonchev–Trinajstić information content (AvgIpc) is 2.74. The summed E-state index contributed by atoms with van der Waals surface area (Å²) in [6, 6.07) is 7.46. The molecule has 28 heavy (non-hydrogen) atoms. The SMILES string of the molecule is COc1ccnc(NNC(=O)[C@H]2CCCN(C(=O)Cc3ccc(F)cc3)C2)n1. The number of anilines is 1. The Kier molecular flexibility index (Phi) is 6.36. The van der Waals surface area contributed by atoms with E-state index in [0.717, 1.165) is 12.0 Å². The minimum atomic E-state index is -0.335. The zero-order valence-corrected chi connectivity index (χ0v) is 15.5. The van der Waals surface area contributed by atoms with Crippen LogP contribution in [0.3, 0.4) is 0 Å². The van der Waals surface area contributed by atoms with E-state index in [1.165, 1.54) is 25.4 Å². The summed E-state index contributed by atoms with van der Waals surface area (Å²) < 4.78 is 18.0. The number of benzene rings is 1. The number of methoxy groups -OCH3 is 1. The number of carbonyl (C=O) groups is 2. The third-order valence-corrected chi connectivity index (χ3v) is 4.55. The maximum atomic E-state index is 13.0. The molecule has 0 saturated carbocycles. The highest BCUT2D eigenvalue weighted by Gasteiger charge is 2.28. The van der Waals surface area contributed by atoms with Gasteiger partial charge >= 0.3 is 0 Å². The second-order valence-electron chi connectivity index (χ2n) is 6.52. The van der Waals surface area contributed by atoms with E-state index in [4.69, 9.17) is 4.74 Å². The molecule has 1 aromatic heterocycles. The molecular formula is C19H22FN5O3. The van der Waals surface area contributed by atoms with Crippen LogP contribution in [0.25, 0.3) is 0 Å². The summed E-state index contributed by atoms with van der Waals surface area (Å²) in [5.74, 6) is -0.379. The highest BCUT2D eigenvalue weighted by atomic mass is 19.1. The molecule has 2 amide bonds. The standard InChI is InChI=1S/C19H22FN5O3/c1-28-16-8-9-21-19(22-16)24-23-18(27)14-3-2-10-25(12-14)17(26)11-13-4-6-15(20)7-5-13/h4-9,14H,2-3,10-12H2,1H3,(H,23,27)(H,21,22,24)/t14-/m0/s1. The number of ether oxygens (including phenoxy) is 1. The van der Waals surface area contributed by atoms with Crippen molar-refractivity contribution < 1.29 is 18.7 Å². The summed E-state index contributed by atoms with van der Waals surface area (Å²) in [5, 5.41) is 0. The number of rotatable bonds is 6. The van der Waals surface area contributed by atoms with E-state index >= 15 is 0 Å². The van der Waals surface area contributed by atoms with Crippen molar-refractivity contribution in [1.82, 2.24) is 20.3 Å². The molecular weight excluding hydrogens is 365 g/mol. The molecule has 8 nitrogen and oxygen atoms in total. The first-order valence-corrected chi connectivity index (χ1v) is 9.00. The minimum Gasteiger partial charge on any atom is -0.481 e. The number of hydrogen-bond donors (Lipinski definition) is 2. The predicted molar refractivity (Wildman–Crippen MR) is 99.8 cm³/mol. The summed E-state index contributed by atoms with van der Waals surface area (Å²) in [7, 11) is 1.49. The Bertz CT molecular complexity index is 831. The van der Waals surface area contributed by atoms with E-state index in [2.05, 4.69) is 20.8 Å². The van der Waals surface area contributed by atoms with Gasteiger partial charge in [0.25, 0.3) is 0 Å². The minimum absolute atomic E-state index is 0.0757. The third kappa shape index (κ3) is 5.15. The fraction of sp³-hybridized carbons (Fsp3) is 0.368. The van der Waals surface area contributed by atoms with Crippen LogP contribution in [0.4, 0.5) is 10.3 Å². The van der Waals surface area contributed by atoms with Crippen LogP contribution in [0.2, 0.25) is 0 Å². The molecule has 1 aliphatic heterocycles. The summed E-state index contributed by atoms with van der Waals surface area (Å²) in [6.45, 7) is 0.947. The maximum Gasteiger partial charge on any atom is 0.245 e. The lowest BCUT2D eigenvalue weighted by Gasteiger charge is -2.32. The van der Waals surface area contributed by atoms with Crippen molar-refractivity contribution in [3.05, 3.63) is 47.9 Å². The van der Waals surface area contributed by atoms with E-state index in [0.29, 0.717) is 25.4 Å². The van der Waals surface area contributed by atoms with Crippen molar-refractivity contribution in [1.29, 1.82) is 0 Å². The van der Waals surface area contributed by atoms with Crippen LogP contribution in [-0.4, -0.2) is 46.9 Å². The lowest BCUT2D eigenvalue weighted by molar-refractivity contribution is -0.135. The molecule has 3 rings (SSSR count). The van der Waals surface area contributed by atoms with E-state index in [9.17, 15) is 14.0 Å². The fourth-order valence-electron chi connectivity index (χ4n) is 3.04. The molecule has 9 heteroatoms. The average molecular weight is 387 g/mol. The monoisotopic (exact) mass is 387 g/mol. The highest BCUT2D eigenvalue weighted by Crippen LogP contribution is 2.18. The number of likely N-dealkylation sites (tertiary alicyclic amines) is 1. The number of nitrogens with zero attached hydrogens (tertiary/aromatic N) is 3. The topological polar surface area (TPSA) is 96.5 Å². The molecule has 1 fully saturated rings. The van der Waals surface area contributed by atoms with Gasteiger partial charge in [-0.05, 0) is 30.5 Å². The van der Waals surface area contributed by atoms with Gasteiger partial charge in [-0.1, -0.05) is 12.1 Å². The highest BCUT2D eigenvalue weighted by molar-refractivity contribution is 5.82. The molecule has 1 saturated heterocycles. The van der Waals surface area contributed by atoms with Gasteiger partial charge in [0.05, 0.1) is 19.4 Å². The summed E-state index contributed by atoms with van der Waals surface area (Å²) in [4.78, 5) is 34.7. The van der Waals surface area contributed by atoms with E-state index in [1.807, 2.05) is 0 Å². The molecule has 0 radical (unpaired) electrons. The molecule has 148 valence electrons. The zero-order chi connectivity index (χ0) is 19.9. The number of amides is 2. The number of carbonyl (C=O) groups excluding carboxylic acids is 2. The normalized spacial score (nSPS) is 16.4. The van der Waals surface area contributed by atoms with Crippen molar-refractivity contribution in [2.45, 2.75) is 19.3 Å². The van der Waals surface area contributed by atoms with Crippen LogP contribution < -0.4 is 15.6 Å². The van der Waals surface area contributed by atoms with Crippen molar-refractivity contribution in [3.63, 3.8) is 0 Å². The van der Waals surface area contributed by atoms with E-state index in [1.54, 1.807) is 23.1 Å². The molecule has 0 unspecified atom stereocenters. The van der Waals surface area contributed by atoms with Crippen molar-refractivity contribution in [3.8, 4) is 5.88 Å². The Hall–Kier alpha value is -3.23. The van der Waals surface area contributed by atoms with Gasteiger partial charge in [0, 0.05) is 25.4 Å². The Morgan fingerprint density at radius 1 is 1.29 bits per heavy atom. The van der Waals surface area contributed by atoms with Crippen LogP contribution in [0, 0.1) is 11.7 Å². The van der Waals surface area contributed by atoms with Crippen LogP contribution in [-0.2, 0) is 16.0 Å². The Balaban J connectivity index is 1.52. The van der Waals surface area contributed by atoms with Gasteiger partial charge < -0.3 is 9.64 Å². The maximum absolute atomic E-state index is 13.0. The Labute approximate surface area is 162 Å². The molecule has 0 bridgehead atoms. The molecule has 1 aliphatic rings. The third-order valence-electron chi connectivity index (χ3n) is 4.55. The lowest BCUT2D eigenvalue weighted by Crippen LogP contribution is -2.47. The van der Waals surface area contributed by atoms with Crippen LogP contribution in [0.1, 0.15) is 18.4 Å². The van der Waals surface area contributed by atoms with Gasteiger partial charge in [-0.2, -0.15) is 4.98 Å². The predicted octanol–water partition coefficient (Wildman–Crippen LogP) is 1.55. The largest absolute Gasteiger partial charge is 0.481 e. The molecule has 1 atom stereocenters. The van der Waals surface area contributed by atoms with Crippen LogP contribution >= 0.6 is 0 Å². The van der Waals surface area contributed by atoms with Crippen LogP contribution in [0.5, 0.6) is 5.88 Å². The lowest BCUT2D eigenvalue weighted by atomic mass is 9.97. The quantitative estimate of drug-likeness (QED) is 0.730. The first-order valence-electron chi connectivity index (χ1n) is 9.00. The summed E-state index contributed by atoms with van der Waals surface area (Å²) >= 11 is 0. The van der Waals surface area contributed by atoms with Gasteiger partial charge in [-0.3, -0.25) is 20.4 Å². The second kappa shape index (κ2) is 9.12. The van der Waals surface area contributed by atoms with Crippen LogP contribution in [0.15, 0.2) is 36.5 Å². The Morgan fingerprint density at radius 3 is 2.82 bits per heavy atom. The smallest absolute Gasteiger partial charge is 0.245 e. The zero-order valence-electron chi connectivity index (χ0n) is 15.5. The second-order valence-corrected chi connectivity index (χ2v) is 6.52. The van der Waals surface area contributed by atoms with Gasteiger partial charge in [0.2, 0.25) is 23.6 Å². The number of aromatic nitrogens is 2. The van der Waals surface area contributed by atoms with Crippen molar-refractivity contribution in [2.75, 3.05) is 25.6 Å². The van der Waals surface area contributed by atoms with E-state index in [-0.39, 0.29) is 35.9 Å².